The Labute approximate surface area is 161 Å². The van der Waals surface area contributed by atoms with Crippen LogP contribution < -0.4 is 14.8 Å². The Balaban J connectivity index is 1.59. The highest BCUT2D eigenvalue weighted by atomic mass is 16.5. The van der Waals surface area contributed by atoms with E-state index in [4.69, 9.17) is 9.47 Å². The highest BCUT2D eigenvalue weighted by Crippen LogP contribution is 2.33. The quantitative estimate of drug-likeness (QED) is 0.810. The molecule has 2 aromatic carbocycles. The molecule has 0 aliphatic carbocycles. The number of methoxy groups -OCH3 is 2. The van der Waals surface area contributed by atoms with Crippen molar-refractivity contribution in [2.45, 2.75) is 32.7 Å². The Morgan fingerprint density at radius 1 is 1.11 bits per heavy atom. The van der Waals surface area contributed by atoms with Gasteiger partial charge in [0.05, 0.1) is 14.2 Å². The van der Waals surface area contributed by atoms with Gasteiger partial charge in [0.2, 0.25) is 5.91 Å². The van der Waals surface area contributed by atoms with Crippen LogP contribution in [0.25, 0.3) is 0 Å². The van der Waals surface area contributed by atoms with Gasteiger partial charge in [0.1, 0.15) is 0 Å². The number of nitrogens with one attached hydrogen (secondary N) is 1. The van der Waals surface area contributed by atoms with Gasteiger partial charge in [-0.3, -0.25) is 4.79 Å². The summed E-state index contributed by atoms with van der Waals surface area (Å²) in [7, 11) is 3.28. The summed E-state index contributed by atoms with van der Waals surface area (Å²) in [4.78, 5) is 14.6. The average Bonchev–Trinajstić information content (AvgIpc) is 2.72. The largest absolute Gasteiger partial charge is 0.493 e. The second kappa shape index (κ2) is 8.80. The van der Waals surface area contributed by atoms with Gasteiger partial charge in [-0.1, -0.05) is 25.1 Å². The minimum atomic E-state index is 0.178. The summed E-state index contributed by atoms with van der Waals surface area (Å²) in [6.45, 7) is 4.15. The zero-order valence-corrected chi connectivity index (χ0v) is 16.4. The summed E-state index contributed by atoms with van der Waals surface area (Å²) in [5.74, 6) is 1.63. The van der Waals surface area contributed by atoms with Crippen LogP contribution in [-0.4, -0.2) is 38.1 Å². The summed E-state index contributed by atoms with van der Waals surface area (Å²) < 4.78 is 10.8. The molecule has 0 aromatic heterocycles. The molecule has 1 N–H and O–H groups in total. The molecule has 0 fully saturated rings. The lowest BCUT2D eigenvalue weighted by Gasteiger charge is -2.30. The smallest absolute Gasteiger partial charge is 0.224 e. The van der Waals surface area contributed by atoms with E-state index in [0.717, 1.165) is 36.4 Å². The number of carbonyl (C=O) groups excluding carboxylic acids is 1. The third-order valence-corrected chi connectivity index (χ3v) is 5.12. The molecule has 1 aliphatic heterocycles. The molecule has 1 aliphatic rings. The van der Waals surface area contributed by atoms with Crippen molar-refractivity contribution in [1.29, 1.82) is 0 Å². The van der Waals surface area contributed by atoms with Crippen LogP contribution in [0.5, 0.6) is 11.5 Å². The van der Waals surface area contributed by atoms with Gasteiger partial charge in [-0.05, 0) is 47.7 Å². The van der Waals surface area contributed by atoms with E-state index in [9.17, 15) is 4.79 Å². The standard InChI is InChI=1S/C22H28N2O3/c1-4-16-7-5-6-8-19(16)23-11-9-22(25)24-12-10-17-13-20(26-2)21(27-3)14-18(17)15-24/h5-8,13-14,23H,4,9-12,15H2,1-3H3. The second-order valence-corrected chi connectivity index (χ2v) is 6.73. The van der Waals surface area contributed by atoms with Gasteiger partial charge in [-0.15, -0.1) is 0 Å². The van der Waals surface area contributed by atoms with Crippen LogP contribution in [0.2, 0.25) is 0 Å². The first-order chi connectivity index (χ1) is 13.2. The first kappa shape index (κ1) is 19.1. The average molecular weight is 368 g/mol. The van der Waals surface area contributed by atoms with Gasteiger partial charge < -0.3 is 19.7 Å². The third kappa shape index (κ3) is 4.35. The van der Waals surface area contributed by atoms with E-state index in [1.165, 1.54) is 11.1 Å². The van der Waals surface area contributed by atoms with Crippen molar-refractivity contribution in [2.75, 3.05) is 32.6 Å². The predicted octanol–water partition coefficient (Wildman–Crippen LogP) is 3.65. The number of para-hydroxylation sites is 1. The number of hydrogen-bond acceptors (Lipinski definition) is 4. The highest BCUT2D eigenvalue weighted by molar-refractivity contribution is 5.77. The predicted molar refractivity (Wildman–Crippen MR) is 108 cm³/mol. The maximum atomic E-state index is 12.7. The van der Waals surface area contributed by atoms with E-state index >= 15 is 0 Å². The number of ether oxygens (including phenoxy) is 2. The summed E-state index contributed by atoms with van der Waals surface area (Å²) in [6.07, 6.45) is 2.31. The van der Waals surface area contributed by atoms with Crippen LogP contribution in [0.3, 0.4) is 0 Å². The fourth-order valence-electron chi connectivity index (χ4n) is 3.56. The fourth-order valence-corrected chi connectivity index (χ4v) is 3.56. The van der Waals surface area contributed by atoms with Crippen molar-refractivity contribution >= 4 is 11.6 Å². The van der Waals surface area contributed by atoms with Crippen LogP contribution in [0.4, 0.5) is 5.69 Å². The molecule has 27 heavy (non-hydrogen) atoms. The molecule has 144 valence electrons. The Morgan fingerprint density at radius 2 is 1.81 bits per heavy atom. The molecule has 1 amide bonds. The molecule has 0 spiro atoms. The molecular formula is C22H28N2O3. The van der Waals surface area contributed by atoms with Crippen molar-refractivity contribution in [3.05, 3.63) is 53.1 Å². The van der Waals surface area contributed by atoms with Crippen LogP contribution in [0, 0.1) is 0 Å². The normalized spacial score (nSPS) is 13.1. The van der Waals surface area contributed by atoms with Crippen LogP contribution in [0.1, 0.15) is 30.0 Å². The van der Waals surface area contributed by atoms with E-state index < -0.39 is 0 Å². The molecular weight excluding hydrogens is 340 g/mol. The SMILES string of the molecule is CCc1ccccc1NCCC(=O)N1CCc2cc(OC)c(OC)cc2C1. The zero-order chi connectivity index (χ0) is 19.2. The molecule has 0 saturated heterocycles. The number of hydrogen-bond donors (Lipinski definition) is 1. The molecule has 5 heteroatoms. The van der Waals surface area contributed by atoms with Gasteiger partial charge in [0, 0.05) is 31.7 Å². The summed E-state index contributed by atoms with van der Waals surface area (Å²) in [6, 6.07) is 12.3. The Morgan fingerprint density at radius 3 is 2.52 bits per heavy atom. The topological polar surface area (TPSA) is 50.8 Å². The lowest BCUT2D eigenvalue weighted by molar-refractivity contribution is -0.131. The number of anilines is 1. The molecule has 0 bridgehead atoms. The number of aryl methyl sites for hydroxylation is 1. The van der Waals surface area contributed by atoms with Crippen molar-refractivity contribution in [1.82, 2.24) is 4.90 Å². The van der Waals surface area contributed by atoms with Gasteiger partial charge in [0.25, 0.3) is 0 Å². The van der Waals surface area contributed by atoms with Gasteiger partial charge in [0.15, 0.2) is 11.5 Å². The molecule has 1 heterocycles. The van der Waals surface area contributed by atoms with Crippen molar-refractivity contribution < 1.29 is 14.3 Å². The van der Waals surface area contributed by atoms with Gasteiger partial charge >= 0.3 is 0 Å². The number of rotatable bonds is 7. The Bertz CT molecular complexity index is 804. The Hall–Kier alpha value is -2.69. The highest BCUT2D eigenvalue weighted by Gasteiger charge is 2.22. The molecule has 0 radical (unpaired) electrons. The number of carbonyl (C=O) groups is 1. The number of fused-ring (bicyclic) bond motifs is 1. The maximum Gasteiger partial charge on any atom is 0.224 e. The number of amides is 1. The maximum absolute atomic E-state index is 12.7. The van der Waals surface area contributed by atoms with Crippen molar-refractivity contribution in [2.24, 2.45) is 0 Å². The Kier molecular flexibility index (Phi) is 6.22. The van der Waals surface area contributed by atoms with E-state index in [1.54, 1.807) is 14.2 Å². The molecule has 0 saturated carbocycles. The van der Waals surface area contributed by atoms with Crippen LogP contribution in [-0.2, 0) is 24.2 Å². The van der Waals surface area contributed by atoms with E-state index in [2.05, 4.69) is 24.4 Å². The van der Waals surface area contributed by atoms with E-state index in [-0.39, 0.29) is 5.91 Å². The molecule has 5 nitrogen and oxygen atoms in total. The molecule has 0 atom stereocenters. The molecule has 3 rings (SSSR count). The first-order valence-corrected chi connectivity index (χ1v) is 9.49. The minimum absolute atomic E-state index is 0.178. The second-order valence-electron chi connectivity index (χ2n) is 6.73. The monoisotopic (exact) mass is 368 g/mol. The zero-order valence-electron chi connectivity index (χ0n) is 16.4. The summed E-state index contributed by atoms with van der Waals surface area (Å²) in [5.41, 5.74) is 4.76. The van der Waals surface area contributed by atoms with E-state index in [1.807, 2.05) is 29.2 Å². The number of nitrogens with zero attached hydrogens (tertiary/aromatic N) is 1. The first-order valence-electron chi connectivity index (χ1n) is 9.49. The molecule has 0 unspecified atom stereocenters. The summed E-state index contributed by atoms with van der Waals surface area (Å²) >= 11 is 0. The van der Waals surface area contributed by atoms with Crippen molar-refractivity contribution in [3.8, 4) is 11.5 Å². The number of benzene rings is 2. The summed E-state index contributed by atoms with van der Waals surface area (Å²) in [5, 5.41) is 3.40. The minimum Gasteiger partial charge on any atom is -0.493 e. The lowest BCUT2D eigenvalue weighted by atomic mass is 9.98. The molecule has 2 aromatic rings. The van der Waals surface area contributed by atoms with Crippen LogP contribution in [0.15, 0.2) is 36.4 Å². The lowest BCUT2D eigenvalue weighted by Crippen LogP contribution is -2.36. The van der Waals surface area contributed by atoms with Gasteiger partial charge in [-0.25, -0.2) is 0 Å². The third-order valence-electron chi connectivity index (χ3n) is 5.12. The fraction of sp³-hybridized carbons (Fsp3) is 0.409. The van der Waals surface area contributed by atoms with E-state index in [0.29, 0.717) is 25.3 Å². The van der Waals surface area contributed by atoms with Gasteiger partial charge in [-0.2, -0.15) is 0 Å². The van der Waals surface area contributed by atoms with Crippen molar-refractivity contribution in [3.63, 3.8) is 0 Å². The van der Waals surface area contributed by atoms with Crippen LogP contribution >= 0.6 is 0 Å².